The van der Waals surface area contributed by atoms with Crippen LogP contribution < -0.4 is 11.1 Å². The topological polar surface area (TPSA) is 58.4 Å². The summed E-state index contributed by atoms with van der Waals surface area (Å²) >= 11 is 0. The lowest BCUT2D eigenvalue weighted by Crippen LogP contribution is -2.44. The maximum Gasteiger partial charge on any atom is 0.234 e. The van der Waals surface area contributed by atoms with Crippen LogP contribution in [-0.4, -0.2) is 43.0 Å². The Labute approximate surface area is 112 Å². The first-order valence-corrected chi connectivity index (χ1v) is 7.40. The van der Waals surface area contributed by atoms with Crippen LogP contribution in [0.15, 0.2) is 0 Å². The Morgan fingerprint density at radius 3 is 2.33 bits per heavy atom. The summed E-state index contributed by atoms with van der Waals surface area (Å²) in [5.41, 5.74) is 5.42. The number of likely N-dealkylation sites (N-methyl/N-ethyl adjacent to an activating group) is 1. The third-order valence-electron chi connectivity index (χ3n) is 3.40. The van der Waals surface area contributed by atoms with Gasteiger partial charge in [0.1, 0.15) is 0 Å². The van der Waals surface area contributed by atoms with Crippen LogP contribution in [0.3, 0.4) is 0 Å². The number of nitrogens with zero attached hydrogens (tertiary/aromatic N) is 1. The Bertz CT molecular complexity index is 205. The maximum atomic E-state index is 11.3. The van der Waals surface area contributed by atoms with Crippen LogP contribution in [0.25, 0.3) is 0 Å². The Morgan fingerprint density at radius 1 is 1.17 bits per heavy atom. The molecule has 0 aliphatic rings. The average Bonchev–Trinajstić information content (AvgIpc) is 2.36. The molecule has 0 bridgehead atoms. The van der Waals surface area contributed by atoms with Gasteiger partial charge in [-0.1, -0.05) is 46.5 Å². The van der Waals surface area contributed by atoms with Crippen molar-refractivity contribution in [2.45, 2.75) is 58.9 Å². The van der Waals surface area contributed by atoms with Gasteiger partial charge in [-0.05, 0) is 19.5 Å². The first-order chi connectivity index (χ1) is 8.65. The van der Waals surface area contributed by atoms with E-state index in [0.717, 1.165) is 39.0 Å². The van der Waals surface area contributed by atoms with Gasteiger partial charge in [0.2, 0.25) is 5.91 Å². The monoisotopic (exact) mass is 257 g/mol. The first kappa shape index (κ1) is 17.4. The number of unbranched alkanes of at least 4 members (excludes halogenated alkanes) is 3. The van der Waals surface area contributed by atoms with E-state index in [-0.39, 0.29) is 11.9 Å². The van der Waals surface area contributed by atoms with Crippen LogP contribution in [0.4, 0.5) is 0 Å². The molecule has 18 heavy (non-hydrogen) atoms. The molecular formula is C14H31N3O. The molecule has 0 heterocycles. The number of carbonyl (C=O) groups is 1. The molecule has 0 radical (unpaired) electrons. The molecule has 0 aliphatic carbocycles. The van der Waals surface area contributed by atoms with Crippen molar-refractivity contribution in [1.29, 1.82) is 0 Å². The lowest BCUT2D eigenvalue weighted by Gasteiger charge is -2.20. The van der Waals surface area contributed by atoms with E-state index < -0.39 is 0 Å². The summed E-state index contributed by atoms with van der Waals surface area (Å²) in [6.07, 6.45) is 5.60. The van der Waals surface area contributed by atoms with Crippen molar-refractivity contribution in [2.24, 2.45) is 5.73 Å². The van der Waals surface area contributed by atoms with Crippen LogP contribution in [0, 0.1) is 0 Å². The number of carbonyl (C=O) groups excluding carboxylic acids is 1. The normalized spacial score (nSPS) is 12.9. The van der Waals surface area contributed by atoms with Gasteiger partial charge in [0, 0.05) is 13.1 Å². The van der Waals surface area contributed by atoms with E-state index in [1.807, 2.05) is 0 Å². The summed E-state index contributed by atoms with van der Waals surface area (Å²) in [6, 6.07) is -0.155. The lowest BCUT2D eigenvalue weighted by atomic mass is 10.1. The van der Waals surface area contributed by atoms with Gasteiger partial charge in [0.15, 0.2) is 0 Å². The van der Waals surface area contributed by atoms with Gasteiger partial charge in [-0.15, -0.1) is 0 Å². The maximum absolute atomic E-state index is 11.3. The molecule has 0 fully saturated rings. The first-order valence-electron chi connectivity index (χ1n) is 7.40. The molecule has 0 spiro atoms. The highest BCUT2D eigenvalue weighted by molar-refractivity contribution is 5.79. The van der Waals surface area contributed by atoms with Crippen LogP contribution in [0.5, 0.6) is 0 Å². The smallest absolute Gasteiger partial charge is 0.234 e. The molecular weight excluding hydrogens is 226 g/mol. The number of rotatable bonds is 12. The molecule has 0 rings (SSSR count). The summed E-state index contributed by atoms with van der Waals surface area (Å²) in [7, 11) is 0. The van der Waals surface area contributed by atoms with E-state index in [1.165, 1.54) is 19.3 Å². The van der Waals surface area contributed by atoms with Gasteiger partial charge in [0.05, 0.1) is 6.04 Å². The molecule has 1 amide bonds. The van der Waals surface area contributed by atoms with E-state index in [0.29, 0.717) is 0 Å². The van der Waals surface area contributed by atoms with Crippen molar-refractivity contribution in [3.8, 4) is 0 Å². The molecule has 4 heteroatoms. The van der Waals surface area contributed by atoms with Crippen LogP contribution >= 0.6 is 0 Å². The second-order valence-electron chi connectivity index (χ2n) is 4.79. The highest BCUT2D eigenvalue weighted by Gasteiger charge is 2.13. The molecule has 1 unspecified atom stereocenters. The minimum Gasteiger partial charge on any atom is -0.368 e. The summed E-state index contributed by atoms with van der Waals surface area (Å²) in [5, 5.41) is 3.28. The largest absolute Gasteiger partial charge is 0.368 e. The van der Waals surface area contributed by atoms with E-state index in [1.54, 1.807) is 0 Å². The van der Waals surface area contributed by atoms with Crippen molar-refractivity contribution in [2.75, 3.05) is 26.2 Å². The fourth-order valence-corrected chi connectivity index (χ4v) is 2.06. The van der Waals surface area contributed by atoms with Gasteiger partial charge in [-0.2, -0.15) is 0 Å². The number of nitrogens with one attached hydrogen (secondary N) is 1. The van der Waals surface area contributed by atoms with Crippen molar-refractivity contribution in [3.05, 3.63) is 0 Å². The van der Waals surface area contributed by atoms with Crippen LogP contribution in [0.1, 0.15) is 52.9 Å². The third kappa shape index (κ3) is 8.48. The minimum atomic E-state index is -0.217. The summed E-state index contributed by atoms with van der Waals surface area (Å²) in [4.78, 5) is 13.7. The Kier molecular flexibility index (Phi) is 11.1. The average molecular weight is 257 g/mol. The fraction of sp³-hybridized carbons (Fsp3) is 0.929. The van der Waals surface area contributed by atoms with Crippen molar-refractivity contribution in [1.82, 2.24) is 10.2 Å². The fourth-order valence-electron chi connectivity index (χ4n) is 2.06. The molecule has 4 nitrogen and oxygen atoms in total. The molecule has 0 aliphatic heterocycles. The van der Waals surface area contributed by atoms with Crippen LogP contribution in [-0.2, 0) is 4.79 Å². The molecule has 0 saturated heterocycles. The van der Waals surface area contributed by atoms with E-state index >= 15 is 0 Å². The van der Waals surface area contributed by atoms with Gasteiger partial charge in [-0.25, -0.2) is 0 Å². The summed E-state index contributed by atoms with van der Waals surface area (Å²) < 4.78 is 0. The zero-order valence-corrected chi connectivity index (χ0v) is 12.4. The molecule has 3 N–H and O–H groups in total. The van der Waals surface area contributed by atoms with Gasteiger partial charge in [0.25, 0.3) is 0 Å². The zero-order valence-electron chi connectivity index (χ0n) is 12.4. The van der Waals surface area contributed by atoms with Gasteiger partial charge < -0.3 is 16.0 Å². The zero-order chi connectivity index (χ0) is 13.8. The third-order valence-corrected chi connectivity index (χ3v) is 3.40. The SMILES string of the molecule is CCCCCCC(NCCN(CC)CC)C(N)=O. The van der Waals surface area contributed by atoms with E-state index in [4.69, 9.17) is 5.73 Å². The lowest BCUT2D eigenvalue weighted by molar-refractivity contribution is -0.120. The summed E-state index contributed by atoms with van der Waals surface area (Å²) in [6.45, 7) is 10.4. The van der Waals surface area contributed by atoms with Gasteiger partial charge in [-0.3, -0.25) is 4.79 Å². The quantitative estimate of drug-likeness (QED) is 0.524. The Morgan fingerprint density at radius 2 is 1.83 bits per heavy atom. The molecule has 0 aromatic carbocycles. The van der Waals surface area contributed by atoms with Crippen molar-refractivity contribution < 1.29 is 4.79 Å². The van der Waals surface area contributed by atoms with Crippen molar-refractivity contribution >= 4 is 5.91 Å². The predicted octanol–water partition coefficient (Wildman–Crippen LogP) is 1.74. The van der Waals surface area contributed by atoms with Gasteiger partial charge >= 0.3 is 0 Å². The van der Waals surface area contributed by atoms with Crippen molar-refractivity contribution in [3.63, 3.8) is 0 Å². The Hall–Kier alpha value is -0.610. The highest BCUT2D eigenvalue weighted by atomic mass is 16.1. The Balaban J connectivity index is 3.79. The van der Waals surface area contributed by atoms with Crippen LogP contribution in [0.2, 0.25) is 0 Å². The molecule has 0 aromatic heterocycles. The second kappa shape index (κ2) is 11.5. The molecule has 1 atom stereocenters. The molecule has 0 aromatic rings. The second-order valence-corrected chi connectivity index (χ2v) is 4.79. The number of amides is 1. The number of nitrogens with two attached hydrogens (primary N) is 1. The summed E-state index contributed by atoms with van der Waals surface area (Å²) in [5.74, 6) is -0.217. The predicted molar refractivity (Wildman–Crippen MR) is 77.5 cm³/mol. The number of primary amides is 1. The number of hydrogen-bond donors (Lipinski definition) is 2. The standard InChI is InChI=1S/C14H31N3O/c1-4-7-8-9-10-13(14(15)18)16-11-12-17(5-2)6-3/h13,16H,4-12H2,1-3H3,(H2,15,18). The molecule has 108 valence electrons. The van der Waals surface area contributed by atoms with E-state index in [9.17, 15) is 4.79 Å². The number of hydrogen-bond acceptors (Lipinski definition) is 3. The van der Waals surface area contributed by atoms with E-state index in [2.05, 4.69) is 31.0 Å². The molecule has 0 saturated carbocycles. The highest BCUT2D eigenvalue weighted by Crippen LogP contribution is 2.05. The minimum absolute atomic E-state index is 0.155.